The second-order valence-corrected chi connectivity index (χ2v) is 7.89. The minimum atomic E-state index is 0.0345. The molecule has 0 saturated heterocycles. The van der Waals surface area contributed by atoms with Crippen LogP contribution in [0.15, 0.2) is 17.2 Å². The molecule has 0 aliphatic heterocycles. The second kappa shape index (κ2) is 6.29. The maximum atomic E-state index is 13.2. The van der Waals surface area contributed by atoms with Gasteiger partial charge in [-0.1, -0.05) is 0 Å². The van der Waals surface area contributed by atoms with Gasteiger partial charge in [0, 0.05) is 23.7 Å². The quantitative estimate of drug-likeness (QED) is 0.770. The lowest BCUT2D eigenvalue weighted by molar-refractivity contribution is 0.582. The number of aromatic nitrogens is 4. The Morgan fingerprint density at radius 1 is 1.32 bits per heavy atom. The number of nitrogens with zero attached hydrogens (tertiary/aromatic N) is 4. The van der Waals surface area contributed by atoms with E-state index in [-0.39, 0.29) is 11.6 Å². The van der Waals surface area contributed by atoms with Crippen molar-refractivity contribution >= 4 is 33.2 Å². The summed E-state index contributed by atoms with van der Waals surface area (Å²) in [4.78, 5) is 20.3. The Bertz CT molecular complexity index is 981. The summed E-state index contributed by atoms with van der Waals surface area (Å²) in [5, 5.41) is 8.42. The van der Waals surface area contributed by atoms with Crippen LogP contribution in [-0.4, -0.2) is 19.3 Å². The molecule has 0 fully saturated rings. The molecule has 1 aliphatic rings. The van der Waals surface area contributed by atoms with Gasteiger partial charge in [0.2, 0.25) is 5.95 Å². The monoisotopic (exact) mass is 357 g/mol. The van der Waals surface area contributed by atoms with Gasteiger partial charge in [-0.15, -0.1) is 11.3 Å². The summed E-state index contributed by atoms with van der Waals surface area (Å²) in [6.45, 7) is 6.90. The van der Waals surface area contributed by atoms with E-state index < -0.39 is 0 Å². The first-order valence-corrected chi connectivity index (χ1v) is 9.76. The molecule has 3 aromatic heterocycles. The van der Waals surface area contributed by atoms with Gasteiger partial charge in [-0.3, -0.25) is 14.0 Å². The average molecular weight is 357 g/mol. The Balaban J connectivity index is 1.88. The van der Waals surface area contributed by atoms with E-state index in [0.29, 0.717) is 5.95 Å². The van der Waals surface area contributed by atoms with Crippen molar-refractivity contribution in [2.24, 2.45) is 0 Å². The number of aryl methyl sites for hydroxylation is 3. The van der Waals surface area contributed by atoms with Crippen molar-refractivity contribution < 1.29 is 0 Å². The molecule has 1 N–H and O–H groups in total. The average Bonchev–Trinajstić information content (AvgIpc) is 3.18. The highest BCUT2D eigenvalue weighted by Crippen LogP contribution is 2.35. The number of nitrogens with one attached hydrogen (secondary N) is 1. The van der Waals surface area contributed by atoms with Gasteiger partial charge in [-0.05, 0) is 52.0 Å². The molecule has 0 unspecified atom stereocenters. The van der Waals surface area contributed by atoms with Gasteiger partial charge >= 0.3 is 0 Å². The van der Waals surface area contributed by atoms with E-state index in [1.807, 2.05) is 31.6 Å². The summed E-state index contributed by atoms with van der Waals surface area (Å²) in [7, 11) is 0. The maximum absolute atomic E-state index is 13.2. The van der Waals surface area contributed by atoms with Crippen LogP contribution in [-0.2, 0) is 19.4 Å². The first-order chi connectivity index (χ1) is 12.1. The van der Waals surface area contributed by atoms with Gasteiger partial charge in [-0.2, -0.15) is 5.10 Å². The Hall–Kier alpha value is -2.15. The van der Waals surface area contributed by atoms with Crippen LogP contribution in [0.2, 0.25) is 0 Å². The molecule has 25 heavy (non-hydrogen) atoms. The maximum Gasteiger partial charge on any atom is 0.264 e. The van der Waals surface area contributed by atoms with Crippen LogP contribution < -0.4 is 10.9 Å². The van der Waals surface area contributed by atoms with E-state index in [0.717, 1.165) is 41.7 Å². The summed E-state index contributed by atoms with van der Waals surface area (Å²) in [6, 6.07) is 0.0345. The van der Waals surface area contributed by atoms with Gasteiger partial charge in [0.05, 0.1) is 17.3 Å². The van der Waals surface area contributed by atoms with Crippen LogP contribution >= 0.6 is 11.3 Å². The van der Waals surface area contributed by atoms with E-state index in [1.165, 1.54) is 16.9 Å². The fourth-order valence-corrected chi connectivity index (χ4v) is 4.77. The van der Waals surface area contributed by atoms with Gasteiger partial charge in [0.1, 0.15) is 4.83 Å². The molecule has 132 valence electrons. The molecule has 0 radical (unpaired) electrons. The first-order valence-electron chi connectivity index (χ1n) is 8.94. The Morgan fingerprint density at radius 3 is 2.84 bits per heavy atom. The van der Waals surface area contributed by atoms with Gasteiger partial charge in [-0.25, -0.2) is 4.98 Å². The van der Waals surface area contributed by atoms with Crippen molar-refractivity contribution in [2.75, 3.05) is 5.32 Å². The normalized spacial score (nSPS) is 14.2. The molecule has 3 heterocycles. The van der Waals surface area contributed by atoms with Gasteiger partial charge in [0.25, 0.3) is 5.56 Å². The number of rotatable bonds is 4. The van der Waals surface area contributed by atoms with Crippen molar-refractivity contribution in [3.8, 4) is 0 Å². The smallest absolute Gasteiger partial charge is 0.264 e. The first kappa shape index (κ1) is 16.3. The predicted molar refractivity (Wildman–Crippen MR) is 102 cm³/mol. The molecule has 0 bridgehead atoms. The third-order valence-electron chi connectivity index (χ3n) is 4.75. The zero-order valence-electron chi connectivity index (χ0n) is 14.9. The highest BCUT2D eigenvalue weighted by molar-refractivity contribution is 7.18. The van der Waals surface area contributed by atoms with Crippen molar-refractivity contribution in [3.63, 3.8) is 0 Å². The molecule has 0 aromatic carbocycles. The van der Waals surface area contributed by atoms with Crippen LogP contribution in [0.5, 0.6) is 0 Å². The van der Waals surface area contributed by atoms with Crippen LogP contribution in [0.1, 0.15) is 50.1 Å². The number of fused-ring (bicyclic) bond motifs is 3. The standard InChI is InChI=1S/C18H23N5OS/c1-4-22-10-12(9-19-22)20-18-21-16-15(17(24)23(18)11(2)3)13-7-5-6-8-14(13)25-16/h9-11H,4-8H2,1-3H3,(H,20,21). The SMILES string of the molecule is CCn1cc(Nc2nc3sc4c(c3c(=O)n2C(C)C)CCCC4)cn1. The Morgan fingerprint density at radius 2 is 2.12 bits per heavy atom. The van der Waals surface area contributed by atoms with Gasteiger partial charge < -0.3 is 5.32 Å². The van der Waals surface area contributed by atoms with Crippen LogP contribution in [0.3, 0.4) is 0 Å². The number of anilines is 2. The number of thiophene rings is 1. The Kier molecular flexibility index (Phi) is 4.11. The summed E-state index contributed by atoms with van der Waals surface area (Å²) >= 11 is 1.68. The zero-order chi connectivity index (χ0) is 17.6. The largest absolute Gasteiger partial charge is 0.323 e. The predicted octanol–water partition coefficient (Wildman–Crippen LogP) is 3.88. The van der Waals surface area contributed by atoms with E-state index >= 15 is 0 Å². The summed E-state index contributed by atoms with van der Waals surface area (Å²) in [6.07, 6.45) is 8.14. The fourth-order valence-electron chi connectivity index (χ4n) is 3.51. The lowest BCUT2D eigenvalue weighted by Gasteiger charge is -2.16. The lowest BCUT2D eigenvalue weighted by atomic mass is 9.97. The zero-order valence-corrected chi connectivity index (χ0v) is 15.7. The molecular weight excluding hydrogens is 334 g/mol. The third kappa shape index (κ3) is 2.76. The second-order valence-electron chi connectivity index (χ2n) is 6.81. The van der Waals surface area contributed by atoms with Gasteiger partial charge in [0.15, 0.2) is 0 Å². The van der Waals surface area contributed by atoms with Crippen LogP contribution in [0, 0.1) is 0 Å². The molecule has 0 spiro atoms. The summed E-state index contributed by atoms with van der Waals surface area (Å²) < 4.78 is 3.62. The molecule has 0 saturated carbocycles. The highest BCUT2D eigenvalue weighted by atomic mass is 32.1. The molecular formula is C18H23N5OS. The van der Waals surface area contributed by atoms with Crippen molar-refractivity contribution in [3.05, 3.63) is 33.2 Å². The third-order valence-corrected chi connectivity index (χ3v) is 5.94. The van der Waals surface area contributed by atoms with Crippen molar-refractivity contribution in [1.82, 2.24) is 19.3 Å². The molecule has 1 aliphatic carbocycles. The van der Waals surface area contributed by atoms with E-state index in [2.05, 4.69) is 10.4 Å². The minimum absolute atomic E-state index is 0.0345. The molecule has 7 heteroatoms. The molecule has 0 amide bonds. The molecule has 3 aromatic rings. The molecule has 6 nitrogen and oxygen atoms in total. The van der Waals surface area contributed by atoms with E-state index in [1.54, 1.807) is 22.1 Å². The van der Waals surface area contributed by atoms with Crippen LogP contribution in [0.4, 0.5) is 11.6 Å². The fraction of sp³-hybridized carbons (Fsp3) is 0.500. The van der Waals surface area contributed by atoms with Crippen LogP contribution in [0.25, 0.3) is 10.2 Å². The van der Waals surface area contributed by atoms with E-state index in [9.17, 15) is 4.79 Å². The highest BCUT2D eigenvalue weighted by Gasteiger charge is 2.23. The Labute approximate surface area is 150 Å². The number of hydrogen-bond acceptors (Lipinski definition) is 5. The van der Waals surface area contributed by atoms with E-state index in [4.69, 9.17) is 4.98 Å². The summed E-state index contributed by atoms with van der Waals surface area (Å²) in [5.74, 6) is 0.599. The van der Waals surface area contributed by atoms with Crippen molar-refractivity contribution in [1.29, 1.82) is 0 Å². The minimum Gasteiger partial charge on any atom is -0.323 e. The lowest BCUT2D eigenvalue weighted by Crippen LogP contribution is -2.26. The number of hydrogen-bond donors (Lipinski definition) is 1. The molecule has 4 rings (SSSR count). The summed E-state index contributed by atoms with van der Waals surface area (Å²) in [5.41, 5.74) is 2.16. The van der Waals surface area contributed by atoms with Crippen molar-refractivity contribution in [2.45, 2.75) is 59.0 Å². The molecule has 0 atom stereocenters. The topological polar surface area (TPSA) is 64.7 Å².